The quantitative estimate of drug-likeness (QED) is 0.749. The fourth-order valence-corrected chi connectivity index (χ4v) is 1.92. The maximum Gasteiger partial charge on any atom is 0.155 e. The maximum absolute atomic E-state index is 5.66. The number of benzene rings is 1. The molecule has 0 bridgehead atoms. The number of anilines is 1. The fourth-order valence-electron chi connectivity index (χ4n) is 1.65. The van der Waals surface area contributed by atoms with E-state index in [2.05, 4.69) is 26.0 Å². The van der Waals surface area contributed by atoms with E-state index in [0.717, 1.165) is 21.4 Å². The van der Waals surface area contributed by atoms with Gasteiger partial charge >= 0.3 is 0 Å². The Kier molecular flexibility index (Phi) is 2.33. The molecule has 0 unspecified atom stereocenters. The standard InChI is InChI=1S/C12H9BrN4/c13-9-3-1-8(2-4-9)11-5-12-15-6-10(14)7-17(12)16-11/h1-7H,14H2. The van der Waals surface area contributed by atoms with Crippen LogP contribution in [0.3, 0.4) is 0 Å². The minimum Gasteiger partial charge on any atom is -0.396 e. The predicted octanol–water partition coefficient (Wildman–Crippen LogP) is 2.74. The number of hydrogen-bond donors (Lipinski definition) is 1. The fraction of sp³-hybridized carbons (Fsp3) is 0. The van der Waals surface area contributed by atoms with Gasteiger partial charge in [0.25, 0.3) is 0 Å². The molecule has 0 saturated heterocycles. The number of halogens is 1. The Morgan fingerprint density at radius 1 is 1.18 bits per heavy atom. The lowest BCUT2D eigenvalue weighted by atomic mass is 10.2. The Labute approximate surface area is 106 Å². The first-order valence-electron chi connectivity index (χ1n) is 5.09. The van der Waals surface area contributed by atoms with Gasteiger partial charge in [-0.2, -0.15) is 5.10 Å². The summed E-state index contributed by atoms with van der Waals surface area (Å²) in [4.78, 5) is 4.21. The Morgan fingerprint density at radius 2 is 1.94 bits per heavy atom. The Morgan fingerprint density at radius 3 is 2.71 bits per heavy atom. The van der Waals surface area contributed by atoms with E-state index >= 15 is 0 Å². The highest BCUT2D eigenvalue weighted by atomic mass is 79.9. The molecule has 1 aromatic carbocycles. The first kappa shape index (κ1) is 10.3. The predicted molar refractivity (Wildman–Crippen MR) is 70.5 cm³/mol. The molecule has 0 saturated carbocycles. The minimum atomic E-state index is 0.600. The monoisotopic (exact) mass is 288 g/mol. The van der Waals surface area contributed by atoms with Gasteiger partial charge in [-0.15, -0.1) is 0 Å². The zero-order valence-electron chi connectivity index (χ0n) is 8.84. The highest BCUT2D eigenvalue weighted by Gasteiger charge is 2.05. The third-order valence-electron chi connectivity index (χ3n) is 2.47. The van der Waals surface area contributed by atoms with Crippen molar-refractivity contribution in [1.82, 2.24) is 14.6 Å². The second-order valence-corrected chi connectivity index (χ2v) is 4.64. The summed E-state index contributed by atoms with van der Waals surface area (Å²) in [6.45, 7) is 0. The molecule has 0 amide bonds. The molecule has 0 atom stereocenters. The van der Waals surface area contributed by atoms with Crippen molar-refractivity contribution in [2.24, 2.45) is 0 Å². The third-order valence-corrected chi connectivity index (χ3v) is 3.00. The van der Waals surface area contributed by atoms with Crippen molar-refractivity contribution in [3.63, 3.8) is 0 Å². The van der Waals surface area contributed by atoms with Crippen LogP contribution in [0.25, 0.3) is 16.9 Å². The largest absolute Gasteiger partial charge is 0.396 e. The van der Waals surface area contributed by atoms with Gasteiger partial charge in [-0.1, -0.05) is 28.1 Å². The van der Waals surface area contributed by atoms with Crippen molar-refractivity contribution in [3.8, 4) is 11.3 Å². The van der Waals surface area contributed by atoms with E-state index in [-0.39, 0.29) is 0 Å². The summed E-state index contributed by atoms with van der Waals surface area (Å²) in [5.41, 5.74) is 8.99. The zero-order valence-corrected chi connectivity index (χ0v) is 10.4. The average molecular weight is 289 g/mol. The van der Waals surface area contributed by atoms with Gasteiger partial charge in [0.1, 0.15) is 0 Å². The van der Waals surface area contributed by atoms with Gasteiger partial charge in [0, 0.05) is 16.1 Å². The SMILES string of the molecule is Nc1cnc2cc(-c3ccc(Br)cc3)nn2c1. The van der Waals surface area contributed by atoms with E-state index in [1.807, 2.05) is 30.3 Å². The van der Waals surface area contributed by atoms with Crippen LogP contribution in [0.1, 0.15) is 0 Å². The van der Waals surface area contributed by atoms with Crippen molar-refractivity contribution in [1.29, 1.82) is 0 Å². The molecular weight excluding hydrogens is 280 g/mol. The van der Waals surface area contributed by atoms with E-state index in [4.69, 9.17) is 5.73 Å². The van der Waals surface area contributed by atoms with Crippen LogP contribution in [0.15, 0.2) is 47.2 Å². The van der Waals surface area contributed by atoms with Gasteiger partial charge < -0.3 is 5.73 Å². The Balaban J connectivity index is 2.14. The molecule has 4 nitrogen and oxygen atoms in total. The highest BCUT2D eigenvalue weighted by Crippen LogP contribution is 2.21. The molecule has 0 spiro atoms. The third kappa shape index (κ3) is 1.89. The van der Waals surface area contributed by atoms with Crippen molar-refractivity contribution in [2.75, 3.05) is 5.73 Å². The van der Waals surface area contributed by atoms with Gasteiger partial charge in [0.15, 0.2) is 5.65 Å². The average Bonchev–Trinajstić information content (AvgIpc) is 2.72. The summed E-state index contributed by atoms with van der Waals surface area (Å²) >= 11 is 3.41. The molecule has 2 N–H and O–H groups in total. The smallest absolute Gasteiger partial charge is 0.155 e. The second-order valence-electron chi connectivity index (χ2n) is 3.73. The summed E-state index contributed by atoms with van der Waals surface area (Å²) in [6, 6.07) is 9.93. The molecule has 3 aromatic rings. The molecule has 0 radical (unpaired) electrons. The topological polar surface area (TPSA) is 56.2 Å². The number of nitrogen functional groups attached to an aromatic ring is 1. The number of aromatic nitrogens is 3. The number of fused-ring (bicyclic) bond motifs is 1. The van der Waals surface area contributed by atoms with Gasteiger partial charge in [0.2, 0.25) is 0 Å². The van der Waals surface area contributed by atoms with E-state index in [9.17, 15) is 0 Å². The molecule has 0 aliphatic carbocycles. The van der Waals surface area contributed by atoms with E-state index in [0.29, 0.717) is 5.69 Å². The molecule has 2 heterocycles. The van der Waals surface area contributed by atoms with Gasteiger partial charge in [-0.05, 0) is 12.1 Å². The van der Waals surface area contributed by atoms with Crippen LogP contribution in [0.2, 0.25) is 0 Å². The number of hydrogen-bond acceptors (Lipinski definition) is 3. The maximum atomic E-state index is 5.66. The van der Waals surface area contributed by atoms with Crippen LogP contribution in [0.4, 0.5) is 5.69 Å². The molecular formula is C12H9BrN4. The first-order chi connectivity index (χ1) is 8.22. The normalized spacial score (nSPS) is 10.9. The minimum absolute atomic E-state index is 0.600. The summed E-state index contributed by atoms with van der Waals surface area (Å²) < 4.78 is 2.74. The first-order valence-corrected chi connectivity index (χ1v) is 5.88. The van der Waals surface area contributed by atoms with Gasteiger partial charge in [-0.3, -0.25) is 0 Å². The Bertz CT molecular complexity index is 673. The zero-order chi connectivity index (χ0) is 11.8. The molecule has 0 aliphatic heterocycles. The van der Waals surface area contributed by atoms with Crippen molar-refractivity contribution in [2.45, 2.75) is 0 Å². The molecule has 2 aromatic heterocycles. The molecule has 17 heavy (non-hydrogen) atoms. The van der Waals surface area contributed by atoms with Crippen molar-refractivity contribution in [3.05, 3.63) is 47.2 Å². The van der Waals surface area contributed by atoms with Crippen LogP contribution in [-0.2, 0) is 0 Å². The lowest BCUT2D eigenvalue weighted by molar-refractivity contribution is 0.946. The molecule has 3 rings (SSSR count). The second kappa shape index (κ2) is 3.85. The summed E-state index contributed by atoms with van der Waals surface area (Å²) in [7, 11) is 0. The van der Waals surface area contributed by atoms with Crippen molar-refractivity contribution >= 4 is 27.3 Å². The lowest BCUT2D eigenvalue weighted by Crippen LogP contribution is -1.93. The van der Waals surface area contributed by atoms with Crippen LogP contribution in [0, 0.1) is 0 Å². The molecule has 0 aliphatic rings. The van der Waals surface area contributed by atoms with E-state index in [1.54, 1.807) is 16.9 Å². The van der Waals surface area contributed by atoms with Gasteiger partial charge in [-0.25, -0.2) is 9.50 Å². The van der Waals surface area contributed by atoms with Crippen molar-refractivity contribution < 1.29 is 0 Å². The summed E-state index contributed by atoms with van der Waals surface area (Å²) in [6.07, 6.45) is 3.38. The summed E-state index contributed by atoms with van der Waals surface area (Å²) in [5, 5.41) is 4.43. The summed E-state index contributed by atoms with van der Waals surface area (Å²) in [5.74, 6) is 0. The van der Waals surface area contributed by atoms with Crippen LogP contribution < -0.4 is 5.73 Å². The molecule has 84 valence electrons. The highest BCUT2D eigenvalue weighted by molar-refractivity contribution is 9.10. The van der Waals surface area contributed by atoms with E-state index in [1.165, 1.54) is 0 Å². The van der Waals surface area contributed by atoms with Crippen LogP contribution >= 0.6 is 15.9 Å². The number of nitrogens with zero attached hydrogens (tertiary/aromatic N) is 3. The van der Waals surface area contributed by atoms with E-state index < -0.39 is 0 Å². The van der Waals surface area contributed by atoms with Gasteiger partial charge in [0.05, 0.1) is 23.8 Å². The van der Waals surface area contributed by atoms with Crippen LogP contribution in [-0.4, -0.2) is 14.6 Å². The number of nitrogens with two attached hydrogens (primary N) is 1. The van der Waals surface area contributed by atoms with Crippen LogP contribution in [0.5, 0.6) is 0 Å². The Hall–Kier alpha value is -1.88. The molecule has 5 heteroatoms. The molecule has 0 fully saturated rings. The lowest BCUT2D eigenvalue weighted by Gasteiger charge is -1.95. The number of rotatable bonds is 1.